The molecule has 65 valence electrons. The lowest BCUT2D eigenvalue weighted by Gasteiger charge is -2.20. The van der Waals surface area contributed by atoms with Crippen LogP contribution in [0.2, 0.25) is 0 Å². The molecule has 0 bridgehead atoms. The summed E-state index contributed by atoms with van der Waals surface area (Å²) in [5.41, 5.74) is 5.44. The van der Waals surface area contributed by atoms with Gasteiger partial charge in [0.15, 0.2) is 0 Å². The van der Waals surface area contributed by atoms with Crippen molar-refractivity contribution in [3.63, 3.8) is 0 Å². The monoisotopic (exact) mass is 154 g/mol. The third-order valence-electron chi connectivity index (χ3n) is 2.62. The SMILES string of the molecule is NCCCCC1CC[CH]CC1. The third-order valence-corrected chi connectivity index (χ3v) is 2.62. The van der Waals surface area contributed by atoms with Gasteiger partial charge in [-0.2, -0.15) is 0 Å². The van der Waals surface area contributed by atoms with Crippen LogP contribution in [-0.4, -0.2) is 6.54 Å². The Morgan fingerprint density at radius 2 is 1.91 bits per heavy atom. The van der Waals surface area contributed by atoms with Crippen molar-refractivity contribution in [3.8, 4) is 0 Å². The van der Waals surface area contributed by atoms with E-state index >= 15 is 0 Å². The lowest BCUT2D eigenvalue weighted by Crippen LogP contribution is -2.07. The van der Waals surface area contributed by atoms with Crippen molar-refractivity contribution in [1.29, 1.82) is 0 Å². The number of unbranched alkanes of at least 4 members (excludes halogenated alkanes) is 1. The van der Waals surface area contributed by atoms with Gasteiger partial charge in [0.1, 0.15) is 0 Å². The molecule has 0 saturated heterocycles. The highest BCUT2D eigenvalue weighted by molar-refractivity contribution is 4.76. The van der Waals surface area contributed by atoms with E-state index in [2.05, 4.69) is 6.42 Å². The first-order chi connectivity index (χ1) is 5.43. The summed E-state index contributed by atoms with van der Waals surface area (Å²) in [7, 11) is 0. The molecule has 11 heavy (non-hydrogen) atoms. The van der Waals surface area contributed by atoms with E-state index < -0.39 is 0 Å². The summed E-state index contributed by atoms with van der Waals surface area (Å²) in [6, 6.07) is 0. The minimum atomic E-state index is 0.874. The Morgan fingerprint density at radius 1 is 1.18 bits per heavy atom. The molecule has 1 rings (SSSR count). The van der Waals surface area contributed by atoms with Gasteiger partial charge in [0.05, 0.1) is 0 Å². The molecule has 0 unspecified atom stereocenters. The van der Waals surface area contributed by atoms with Crippen LogP contribution >= 0.6 is 0 Å². The van der Waals surface area contributed by atoms with E-state index in [0.29, 0.717) is 0 Å². The van der Waals surface area contributed by atoms with E-state index in [4.69, 9.17) is 5.73 Å². The minimum Gasteiger partial charge on any atom is -0.330 e. The molecule has 1 fully saturated rings. The normalized spacial score (nSPS) is 20.5. The molecule has 0 aliphatic heterocycles. The summed E-state index contributed by atoms with van der Waals surface area (Å²) in [5, 5.41) is 0. The van der Waals surface area contributed by atoms with Gasteiger partial charge in [0.2, 0.25) is 0 Å². The Hall–Kier alpha value is -0.0400. The van der Waals surface area contributed by atoms with Gasteiger partial charge >= 0.3 is 0 Å². The summed E-state index contributed by atoms with van der Waals surface area (Å²) < 4.78 is 0. The first-order valence-corrected chi connectivity index (χ1v) is 4.95. The maximum atomic E-state index is 5.44. The fraction of sp³-hybridized carbons (Fsp3) is 0.900. The molecular formula is C10H20N. The van der Waals surface area contributed by atoms with Crippen LogP contribution in [0, 0.1) is 12.3 Å². The van der Waals surface area contributed by atoms with E-state index in [0.717, 1.165) is 12.5 Å². The van der Waals surface area contributed by atoms with E-state index in [1.54, 1.807) is 0 Å². The van der Waals surface area contributed by atoms with E-state index in [1.807, 2.05) is 0 Å². The fourth-order valence-corrected chi connectivity index (χ4v) is 1.86. The average molecular weight is 154 g/mol. The van der Waals surface area contributed by atoms with Crippen LogP contribution in [0.4, 0.5) is 0 Å². The number of hydrogen-bond donors (Lipinski definition) is 1. The molecule has 0 spiro atoms. The number of rotatable bonds is 4. The Bertz CT molecular complexity index is 84.9. The fourth-order valence-electron chi connectivity index (χ4n) is 1.86. The lowest BCUT2D eigenvalue weighted by molar-refractivity contribution is 0.368. The van der Waals surface area contributed by atoms with Crippen LogP contribution in [0.15, 0.2) is 0 Å². The van der Waals surface area contributed by atoms with Crippen LogP contribution in [0.1, 0.15) is 44.9 Å². The second-order valence-electron chi connectivity index (χ2n) is 3.59. The van der Waals surface area contributed by atoms with E-state index in [9.17, 15) is 0 Å². The van der Waals surface area contributed by atoms with Crippen LogP contribution in [0.5, 0.6) is 0 Å². The van der Waals surface area contributed by atoms with Crippen molar-refractivity contribution in [1.82, 2.24) is 0 Å². The molecule has 2 N–H and O–H groups in total. The molecule has 0 aromatic rings. The highest BCUT2D eigenvalue weighted by Crippen LogP contribution is 2.26. The maximum absolute atomic E-state index is 5.44. The topological polar surface area (TPSA) is 26.0 Å². The van der Waals surface area contributed by atoms with Gasteiger partial charge < -0.3 is 5.73 Å². The van der Waals surface area contributed by atoms with Gasteiger partial charge in [-0.1, -0.05) is 25.7 Å². The van der Waals surface area contributed by atoms with Gasteiger partial charge in [0, 0.05) is 0 Å². The Balaban J connectivity index is 1.96. The van der Waals surface area contributed by atoms with Crippen molar-refractivity contribution < 1.29 is 0 Å². The molecule has 1 saturated carbocycles. The zero-order valence-corrected chi connectivity index (χ0v) is 7.39. The summed E-state index contributed by atoms with van der Waals surface area (Å²) in [4.78, 5) is 0. The third kappa shape index (κ3) is 3.76. The largest absolute Gasteiger partial charge is 0.330 e. The summed E-state index contributed by atoms with van der Waals surface area (Å²) >= 11 is 0. The van der Waals surface area contributed by atoms with Gasteiger partial charge in [-0.15, -0.1) is 0 Å². The number of hydrogen-bond acceptors (Lipinski definition) is 1. The minimum absolute atomic E-state index is 0.874. The van der Waals surface area contributed by atoms with Crippen molar-refractivity contribution in [3.05, 3.63) is 6.42 Å². The van der Waals surface area contributed by atoms with Gasteiger partial charge in [0.25, 0.3) is 0 Å². The molecule has 1 aliphatic rings. The predicted octanol–water partition coefficient (Wildman–Crippen LogP) is 2.51. The summed E-state index contributed by atoms with van der Waals surface area (Å²) in [6.07, 6.45) is 12.0. The first kappa shape index (κ1) is 9.05. The predicted molar refractivity (Wildman–Crippen MR) is 49.2 cm³/mol. The Kier molecular flexibility index (Phi) is 4.60. The molecule has 1 aliphatic carbocycles. The highest BCUT2D eigenvalue weighted by atomic mass is 14.5. The van der Waals surface area contributed by atoms with E-state index in [-0.39, 0.29) is 0 Å². The Labute approximate surface area is 70.4 Å². The van der Waals surface area contributed by atoms with Crippen LogP contribution in [0.25, 0.3) is 0 Å². The molecule has 0 amide bonds. The van der Waals surface area contributed by atoms with Crippen molar-refractivity contribution >= 4 is 0 Å². The smallest absolute Gasteiger partial charge is 0.00773 e. The van der Waals surface area contributed by atoms with Gasteiger partial charge in [-0.25, -0.2) is 0 Å². The highest BCUT2D eigenvalue weighted by Gasteiger charge is 2.12. The van der Waals surface area contributed by atoms with E-state index in [1.165, 1.54) is 44.9 Å². The molecular weight excluding hydrogens is 134 g/mol. The first-order valence-electron chi connectivity index (χ1n) is 4.95. The Morgan fingerprint density at radius 3 is 2.55 bits per heavy atom. The molecule has 0 atom stereocenters. The molecule has 0 aromatic carbocycles. The number of nitrogens with two attached hydrogens (primary N) is 1. The van der Waals surface area contributed by atoms with Gasteiger partial charge in [-0.05, 0) is 38.1 Å². The molecule has 1 heteroatoms. The quantitative estimate of drug-likeness (QED) is 0.619. The van der Waals surface area contributed by atoms with Crippen LogP contribution in [-0.2, 0) is 0 Å². The second kappa shape index (κ2) is 5.59. The zero-order valence-electron chi connectivity index (χ0n) is 7.39. The molecule has 1 nitrogen and oxygen atoms in total. The van der Waals surface area contributed by atoms with Crippen molar-refractivity contribution in [2.45, 2.75) is 44.9 Å². The van der Waals surface area contributed by atoms with Crippen LogP contribution < -0.4 is 5.73 Å². The molecule has 0 aromatic heterocycles. The zero-order chi connectivity index (χ0) is 7.94. The lowest BCUT2D eigenvalue weighted by atomic mass is 9.86. The second-order valence-corrected chi connectivity index (χ2v) is 3.59. The summed E-state index contributed by atoms with van der Waals surface area (Å²) in [6.45, 7) is 0.874. The van der Waals surface area contributed by atoms with Crippen molar-refractivity contribution in [2.75, 3.05) is 6.54 Å². The van der Waals surface area contributed by atoms with Crippen LogP contribution in [0.3, 0.4) is 0 Å². The summed E-state index contributed by atoms with van der Waals surface area (Å²) in [5.74, 6) is 1.02. The average Bonchev–Trinajstić information content (AvgIpc) is 2.07. The maximum Gasteiger partial charge on any atom is -0.00773 e. The van der Waals surface area contributed by atoms with Crippen molar-refractivity contribution in [2.24, 2.45) is 11.7 Å². The standard InChI is InChI=1S/C10H20N/c11-9-5-4-8-10-6-2-1-3-7-10/h1,10H,2-9,11H2. The van der Waals surface area contributed by atoms with Gasteiger partial charge in [-0.3, -0.25) is 0 Å². The molecule has 0 heterocycles. The molecule has 1 radical (unpaired) electrons.